The summed E-state index contributed by atoms with van der Waals surface area (Å²) in [5, 5.41) is 15.1. The number of carboxylic acids is 1. The van der Waals surface area contributed by atoms with Crippen molar-refractivity contribution in [3.05, 3.63) is 112 Å². The van der Waals surface area contributed by atoms with Crippen LogP contribution in [0.5, 0.6) is 5.75 Å². The van der Waals surface area contributed by atoms with Crippen LogP contribution in [0.4, 0.5) is 0 Å². The van der Waals surface area contributed by atoms with Gasteiger partial charge >= 0.3 is 5.97 Å². The Morgan fingerprint density at radius 2 is 1.83 bits per heavy atom. The first-order valence-corrected chi connectivity index (χ1v) is 11.8. The monoisotopic (exact) mass is 506 g/mol. The van der Waals surface area contributed by atoms with Gasteiger partial charge in [-0.3, -0.25) is 0 Å². The van der Waals surface area contributed by atoms with E-state index in [0.29, 0.717) is 16.5 Å². The molecular formula is C28H24Cl2N2O3. The van der Waals surface area contributed by atoms with E-state index in [9.17, 15) is 9.90 Å². The average Bonchev–Trinajstić information content (AvgIpc) is 3.27. The molecule has 1 N–H and O–H groups in total. The zero-order chi connectivity index (χ0) is 24.9. The molecular weight excluding hydrogens is 483 g/mol. The molecule has 3 aromatic carbocycles. The number of carboxylic acid groups (broad SMARTS) is 1. The highest BCUT2D eigenvalue weighted by Crippen LogP contribution is 2.32. The largest absolute Gasteiger partial charge is 0.497 e. The second-order valence-electron chi connectivity index (χ2n) is 8.18. The van der Waals surface area contributed by atoms with Crippen LogP contribution in [0.15, 0.2) is 84.9 Å². The number of ether oxygens (including phenoxy) is 1. The Morgan fingerprint density at radius 3 is 2.49 bits per heavy atom. The summed E-state index contributed by atoms with van der Waals surface area (Å²) < 4.78 is 7.14. The molecule has 35 heavy (non-hydrogen) atoms. The summed E-state index contributed by atoms with van der Waals surface area (Å²) in [4.78, 5) is 11.3. The maximum absolute atomic E-state index is 11.3. The van der Waals surface area contributed by atoms with Crippen LogP contribution in [0.3, 0.4) is 0 Å². The molecule has 0 aliphatic heterocycles. The van der Waals surface area contributed by atoms with Crippen LogP contribution in [-0.4, -0.2) is 28.0 Å². The van der Waals surface area contributed by atoms with Crippen LogP contribution in [-0.2, 0) is 11.2 Å². The molecule has 0 radical (unpaired) electrons. The summed E-state index contributed by atoms with van der Waals surface area (Å²) in [6.07, 6.45) is 3.42. The summed E-state index contributed by atoms with van der Waals surface area (Å²) in [5.41, 5.74) is 5.50. The lowest BCUT2D eigenvalue weighted by atomic mass is 9.92. The highest BCUT2D eigenvalue weighted by molar-refractivity contribution is 6.42. The number of methoxy groups -OCH3 is 1. The minimum absolute atomic E-state index is 0.160. The Labute approximate surface area is 214 Å². The summed E-state index contributed by atoms with van der Waals surface area (Å²) in [6.45, 7) is 2.02. The van der Waals surface area contributed by atoms with Gasteiger partial charge in [0.05, 0.1) is 34.2 Å². The summed E-state index contributed by atoms with van der Waals surface area (Å²) >= 11 is 12.5. The van der Waals surface area contributed by atoms with Gasteiger partial charge in [0.2, 0.25) is 0 Å². The predicted octanol–water partition coefficient (Wildman–Crippen LogP) is 7.13. The van der Waals surface area contributed by atoms with Crippen molar-refractivity contribution in [1.82, 2.24) is 9.78 Å². The number of aliphatic carboxylic acids is 1. The number of aryl methyl sites for hydroxylation is 1. The van der Waals surface area contributed by atoms with Crippen molar-refractivity contribution in [2.45, 2.75) is 19.3 Å². The molecule has 0 aliphatic rings. The first kappa shape index (κ1) is 24.6. The highest BCUT2D eigenvalue weighted by atomic mass is 35.5. The minimum Gasteiger partial charge on any atom is -0.497 e. The van der Waals surface area contributed by atoms with Crippen molar-refractivity contribution in [3.63, 3.8) is 0 Å². The third-order valence-electron chi connectivity index (χ3n) is 5.66. The fourth-order valence-electron chi connectivity index (χ4n) is 3.93. The Kier molecular flexibility index (Phi) is 7.59. The van der Waals surface area contributed by atoms with Gasteiger partial charge in [0.1, 0.15) is 5.75 Å². The minimum atomic E-state index is -0.983. The van der Waals surface area contributed by atoms with Crippen LogP contribution in [0.25, 0.3) is 16.9 Å². The van der Waals surface area contributed by atoms with E-state index in [1.165, 1.54) is 6.08 Å². The Balaban J connectivity index is 1.79. The van der Waals surface area contributed by atoms with Gasteiger partial charge in [0.15, 0.2) is 0 Å². The van der Waals surface area contributed by atoms with E-state index in [-0.39, 0.29) is 5.92 Å². The normalized spacial score (nSPS) is 12.1. The third-order valence-corrected chi connectivity index (χ3v) is 6.40. The molecule has 0 spiro atoms. The predicted molar refractivity (Wildman–Crippen MR) is 140 cm³/mol. The van der Waals surface area contributed by atoms with Crippen LogP contribution in [0.1, 0.15) is 22.7 Å². The van der Waals surface area contributed by atoms with E-state index in [1.54, 1.807) is 19.3 Å². The van der Waals surface area contributed by atoms with E-state index >= 15 is 0 Å². The molecule has 7 heteroatoms. The maximum Gasteiger partial charge on any atom is 0.327 e. The van der Waals surface area contributed by atoms with Crippen molar-refractivity contribution in [1.29, 1.82) is 0 Å². The smallest absolute Gasteiger partial charge is 0.327 e. The first-order valence-electron chi connectivity index (χ1n) is 11.0. The fraction of sp³-hybridized carbons (Fsp3) is 0.143. The molecule has 5 nitrogen and oxygen atoms in total. The topological polar surface area (TPSA) is 64.4 Å². The van der Waals surface area contributed by atoms with Gasteiger partial charge in [-0.2, -0.15) is 5.10 Å². The number of benzene rings is 3. The van der Waals surface area contributed by atoms with Crippen molar-refractivity contribution < 1.29 is 14.6 Å². The van der Waals surface area contributed by atoms with Crippen LogP contribution in [0, 0.1) is 6.92 Å². The number of halogens is 2. The second kappa shape index (κ2) is 10.8. The molecule has 0 amide bonds. The molecule has 1 unspecified atom stereocenters. The van der Waals surface area contributed by atoms with E-state index in [2.05, 4.69) is 6.07 Å². The lowest BCUT2D eigenvalue weighted by molar-refractivity contribution is -0.131. The number of carbonyl (C=O) groups is 1. The molecule has 0 bridgehead atoms. The molecule has 0 fully saturated rings. The first-order chi connectivity index (χ1) is 16.8. The fourth-order valence-corrected chi connectivity index (χ4v) is 4.23. The van der Waals surface area contributed by atoms with Gasteiger partial charge in [-0.25, -0.2) is 9.48 Å². The third kappa shape index (κ3) is 5.94. The number of nitrogens with zero attached hydrogens (tertiary/aromatic N) is 2. The molecule has 0 saturated heterocycles. The van der Waals surface area contributed by atoms with Crippen LogP contribution < -0.4 is 4.74 Å². The summed E-state index contributed by atoms with van der Waals surface area (Å²) in [5.74, 6) is -0.398. The van der Waals surface area contributed by atoms with E-state index in [0.717, 1.165) is 39.5 Å². The van der Waals surface area contributed by atoms with Crippen molar-refractivity contribution in [2.75, 3.05) is 7.11 Å². The van der Waals surface area contributed by atoms with Crippen LogP contribution in [0.2, 0.25) is 10.0 Å². The quantitative estimate of drug-likeness (QED) is 0.258. The molecule has 0 saturated carbocycles. The van der Waals surface area contributed by atoms with Crippen molar-refractivity contribution >= 4 is 29.2 Å². The van der Waals surface area contributed by atoms with E-state index < -0.39 is 5.97 Å². The van der Waals surface area contributed by atoms with E-state index in [1.807, 2.05) is 72.3 Å². The van der Waals surface area contributed by atoms with Gasteiger partial charge in [0, 0.05) is 24.0 Å². The number of hydrogen-bond donors (Lipinski definition) is 1. The standard InChI is InChI=1S/C28H24Cl2N2O3/c1-18-4-3-5-19(14-18)20(7-13-28(33)34)15-22-17-27(21-6-12-25(29)26(30)16-21)32(31-22)23-8-10-24(35-2)11-9-23/h3-14,16-17,20H,15H2,1-2H3,(H,33,34)/b13-7+. The summed E-state index contributed by atoms with van der Waals surface area (Å²) in [7, 11) is 1.62. The Hall–Kier alpha value is -3.54. The molecule has 1 heterocycles. The van der Waals surface area contributed by atoms with Gasteiger partial charge in [-0.15, -0.1) is 0 Å². The van der Waals surface area contributed by atoms with Gasteiger partial charge < -0.3 is 9.84 Å². The molecule has 0 aliphatic carbocycles. The van der Waals surface area contributed by atoms with Gasteiger partial charge in [-0.05, 0) is 55.0 Å². The Morgan fingerprint density at radius 1 is 1.06 bits per heavy atom. The molecule has 4 aromatic rings. The zero-order valence-electron chi connectivity index (χ0n) is 19.3. The van der Waals surface area contributed by atoms with E-state index in [4.69, 9.17) is 33.0 Å². The number of hydrogen-bond acceptors (Lipinski definition) is 3. The number of aromatic nitrogens is 2. The maximum atomic E-state index is 11.3. The molecule has 1 aromatic heterocycles. The highest BCUT2D eigenvalue weighted by Gasteiger charge is 2.17. The number of rotatable bonds is 8. The van der Waals surface area contributed by atoms with Gasteiger partial charge in [0.25, 0.3) is 0 Å². The SMILES string of the molecule is COc1ccc(-n2nc(CC(/C=C/C(=O)O)c3cccc(C)c3)cc2-c2ccc(Cl)c(Cl)c2)cc1. The molecule has 178 valence electrons. The van der Waals surface area contributed by atoms with Crippen molar-refractivity contribution in [3.8, 4) is 22.7 Å². The van der Waals surface area contributed by atoms with Crippen molar-refractivity contribution in [2.24, 2.45) is 0 Å². The Bertz CT molecular complexity index is 1380. The summed E-state index contributed by atoms with van der Waals surface area (Å²) in [6, 6.07) is 23.1. The molecule has 4 rings (SSSR count). The van der Waals surface area contributed by atoms with Gasteiger partial charge in [-0.1, -0.05) is 65.2 Å². The van der Waals surface area contributed by atoms with Crippen LogP contribution >= 0.6 is 23.2 Å². The average molecular weight is 507 g/mol. The second-order valence-corrected chi connectivity index (χ2v) is 9.00. The number of allylic oxidation sites excluding steroid dienone is 1. The lowest BCUT2D eigenvalue weighted by Crippen LogP contribution is -2.04. The lowest BCUT2D eigenvalue weighted by Gasteiger charge is -2.12. The zero-order valence-corrected chi connectivity index (χ0v) is 20.8. The molecule has 1 atom stereocenters.